The number of carbonyl (C=O) groups excluding carboxylic acids is 1. The highest BCUT2D eigenvalue weighted by atomic mass is 16.5. The second-order valence-electron chi connectivity index (χ2n) is 9.55. The molecule has 0 N–H and O–H groups in total. The molecule has 0 amide bonds. The lowest BCUT2D eigenvalue weighted by Crippen LogP contribution is -2.54. The zero-order chi connectivity index (χ0) is 18.5. The average molecular weight is 349 g/mol. The Hall–Kier alpha value is -0.830. The Morgan fingerprint density at radius 3 is 2.52 bits per heavy atom. The summed E-state index contributed by atoms with van der Waals surface area (Å²) in [5.41, 5.74) is 1.69. The van der Waals surface area contributed by atoms with Gasteiger partial charge in [0.2, 0.25) is 0 Å². The smallest absolute Gasteiger partial charge is 0.311 e. The summed E-state index contributed by atoms with van der Waals surface area (Å²) < 4.78 is 10.9. The van der Waals surface area contributed by atoms with Crippen LogP contribution in [0.15, 0.2) is 11.6 Å². The minimum Gasteiger partial charge on any atom is -0.469 e. The minimum atomic E-state index is -0.312. The fraction of sp³-hybridized carbons (Fsp3) is 0.864. The highest BCUT2D eigenvalue weighted by molar-refractivity contribution is 5.77. The molecule has 25 heavy (non-hydrogen) atoms. The summed E-state index contributed by atoms with van der Waals surface area (Å²) in [6.45, 7) is 9.16. The molecule has 0 heterocycles. The molecule has 0 bridgehead atoms. The molecule has 3 aliphatic carbocycles. The van der Waals surface area contributed by atoms with Crippen molar-refractivity contribution in [2.45, 2.75) is 78.7 Å². The van der Waals surface area contributed by atoms with E-state index in [1.807, 2.05) is 7.11 Å². The number of methoxy groups -OCH3 is 2. The number of hydrogen-bond acceptors (Lipinski definition) is 3. The lowest BCUT2D eigenvalue weighted by molar-refractivity contribution is -0.168. The average Bonchev–Trinajstić information content (AvgIpc) is 2.59. The molecule has 3 rings (SSSR count). The van der Waals surface area contributed by atoms with Crippen LogP contribution in [0.3, 0.4) is 0 Å². The number of allylic oxidation sites excluding steroid dienone is 1. The van der Waals surface area contributed by atoms with E-state index < -0.39 is 0 Å². The molecule has 0 aliphatic heterocycles. The van der Waals surface area contributed by atoms with Gasteiger partial charge in [-0.15, -0.1) is 0 Å². The van der Waals surface area contributed by atoms with Crippen LogP contribution in [-0.4, -0.2) is 26.3 Å². The monoisotopic (exact) mass is 348 g/mol. The van der Waals surface area contributed by atoms with Crippen molar-refractivity contribution >= 4 is 5.97 Å². The molecule has 0 spiro atoms. The van der Waals surface area contributed by atoms with Gasteiger partial charge < -0.3 is 9.47 Å². The molecule has 142 valence electrons. The predicted octanol–water partition coefficient (Wildman–Crippen LogP) is 5.14. The molecule has 0 radical (unpaired) electrons. The molecule has 0 aromatic carbocycles. The Bertz CT molecular complexity index is 568. The molecule has 6 atom stereocenters. The van der Waals surface area contributed by atoms with Crippen molar-refractivity contribution in [1.29, 1.82) is 0 Å². The fourth-order valence-electron chi connectivity index (χ4n) is 6.59. The summed E-state index contributed by atoms with van der Waals surface area (Å²) in [7, 11) is 3.37. The zero-order valence-electron chi connectivity index (χ0n) is 17.0. The van der Waals surface area contributed by atoms with E-state index in [1.165, 1.54) is 19.3 Å². The van der Waals surface area contributed by atoms with Crippen molar-refractivity contribution in [1.82, 2.24) is 0 Å². The van der Waals surface area contributed by atoms with E-state index in [-0.39, 0.29) is 28.3 Å². The molecule has 0 aromatic rings. The first kappa shape index (κ1) is 18.9. The van der Waals surface area contributed by atoms with E-state index in [4.69, 9.17) is 9.47 Å². The second-order valence-corrected chi connectivity index (χ2v) is 9.55. The van der Waals surface area contributed by atoms with Gasteiger partial charge in [-0.3, -0.25) is 4.79 Å². The van der Waals surface area contributed by atoms with Gasteiger partial charge in [-0.2, -0.15) is 0 Å². The maximum absolute atomic E-state index is 12.6. The van der Waals surface area contributed by atoms with Crippen molar-refractivity contribution in [2.24, 2.45) is 28.1 Å². The van der Waals surface area contributed by atoms with Gasteiger partial charge in [-0.1, -0.05) is 31.9 Å². The molecule has 2 fully saturated rings. The van der Waals surface area contributed by atoms with Gasteiger partial charge in [0.05, 0.1) is 18.6 Å². The summed E-state index contributed by atoms with van der Waals surface area (Å²) in [6.07, 6.45) is 10.8. The van der Waals surface area contributed by atoms with Crippen molar-refractivity contribution in [3.05, 3.63) is 11.6 Å². The van der Waals surface area contributed by atoms with E-state index in [1.54, 1.807) is 12.7 Å². The van der Waals surface area contributed by atoms with Gasteiger partial charge in [0.15, 0.2) is 0 Å². The third kappa shape index (κ3) is 2.78. The Morgan fingerprint density at radius 2 is 1.88 bits per heavy atom. The maximum atomic E-state index is 12.6. The second kappa shape index (κ2) is 6.40. The van der Waals surface area contributed by atoms with Crippen LogP contribution in [0.2, 0.25) is 0 Å². The van der Waals surface area contributed by atoms with Crippen LogP contribution in [0.1, 0.15) is 72.6 Å². The van der Waals surface area contributed by atoms with E-state index in [9.17, 15) is 4.79 Å². The number of esters is 1. The standard InChI is InChI=1S/C22H36O3/c1-15(24-5)20(2)13-10-17-16(14-20)8-9-18-21(17,3)11-7-12-22(18,4)19(23)25-6/h14-15,17-18H,7-13H2,1-6H3/t15-,17-,18+,20+,21+,22+/m0/s1. The Balaban J connectivity index is 1.94. The van der Waals surface area contributed by atoms with Crippen LogP contribution in [0, 0.1) is 28.1 Å². The summed E-state index contributed by atoms with van der Waals surface area (Å²) >= 11 is 0. The summed E-state index contributed by atoms with van der Waals surface area (Å²) in [4.78, 5) is 12.6. The number of rotatable bonds is 3. The molecule has 3 aliphatic rings. The molecule has 0 unspecified atom stereocenters. The summed E-state index contributed by atoms with van der Waals surface area (Å²) in [5.74, 6) is 1.06. The van der Waals surface area contributed by atoms with Crippen LogP contribution in [0.4, 0.5) is 0 Å². The topological polar surface area (TPSA) is 35.5 Å². The molecule has 3 nitrogen and oxygen atoms in total. The maximum Gasteiger partial charge on any atom is 0.311 e. The van der Waals surface area contributed by atoms with Crippen LogP contribution < -0.4 is 0 Å². The number of carbonyl (C=O) groups is 1. The molecular weight excluding hydrogens is 312 g/mol. The highest BCUT2D eigenvalue weighted by Crippen LogP contribution is 2.64. The molecule has 0 saturated heterocycles. The van der Waals surface area contributed by atoms with Crippen LogP contribution in [0.5, 0.6) is 0 Å². The zero-order valence-corrected chi connectivity index (χ0v) is 17.0. The third-order valence-corrected chi connectivity index (χ3v) is 8.36. The number of hydrogen-bond donors (Lipinski definition) is 0. The van der Waals surface area contributed by atoms with Gasteiger partial charge in [-0.25, -0.2) is 0 Å². The van der Waals surface area contributed by atoms with Crippen molar-refractivity contribution in [3.63, 3.8) is 0 Å². The fourth-order valence-corrected chi connectivity index (χ4v) is 6.59. The van der Waals surface area contributed by atoms with E-state index in [0.29, 0.717) is 11.8 Å². The van der Waals surface area contributed by atoms with E-state index >= 15 is 0 Å². The SMILES string of the molecule is COC(=O)[C@]1(C)CCC[C@@]2(C)[C@H]1CCC1=C[C@](C)([C@H](C)OC)CC[C@@H]12. The quantitative estimate of drug-likeness (QED) is 0.523. The third-order valence-electron chi connectivity index (χ3n) is 8.36. The summed E-state index contributed by atoms with van der Waals surface area (Å²) in [6, 6.07) is 0. The summed E-state index contributed by atoms with van der Waals surface area (Å²) in [5, 5.41) is 0. The van der Waals surface area contributed by atoms with Gasteiger partial charge in [0.25, 0.3) is 0 Å². The number of ether oxygens (including phenoxy) is 2. The van der Waals surface area contributed by atoms with Crippen molar-refractivity contribution in [2.75, 3.05) is 14.2 Å². The highest BCUT2D eigenvalue weighted by Gasteiger charge is 2.59. The van der Waals surface area contributed by atoms with Crippen LogP contribution in [0.25, 0.3) is 0 Å². The first-order chi connectivity index (χ1) is 11.7. The molecular formula is C22H36O3. The Morgan fingerprint density at radius 1 is 1.16 bits per heavy atom. The molecule has 3 heteroatoms. The van der Waals surface area contributed by atoms with E-state index in [0.717, 1.165) is 25.7 Å². The largest absolute Gasteiger partial charge is 0.469 e. The first-order valence-electron chi connectivity index (χ1n) is 10.0. The Labute approximate surface area is 153 Å². The van der Waals surface area contributed by atoms with Gasteiger partial charge in [-0.05, 0) is 69.6 Å². The minimum absolute atomic E-state index is 0.00417. The molecule has 2 saturated carbocycles. The van der Waals surface area contributed by atoms with Gasteiger partial charge in [0.1, 0.15) is 0 Å². The van der Waals surface area contributed by atoms with Gasteiger partial charge in [0, 0.05) is 12.5 Å². The number of fused-ring (bicyclic) bond motifs is 3. The van der Waals surface area contributed by atoms with Crippen molar-refractivity contribution < 1.29 is 14.3 Å². The van der Waals surface area contributed by atoms with Gasteiger partial charge >= 0.3 is 5.97 Å². The van der Waals surface area contributed by atoms with Crippen LogP contribution >= 0.6 is 0 Å². The van der Waals surface area contributed by atoms with E-state index in [2.05, 4.69) is 33.8 Å². The normalized spacial score (nSPS) is 45.0. The van der Waals surface area contributed by atoms with Crippen LogP contribution in [-0.2, 0) is 14.3 Å². The Kier molecular flexibility index (Phi) is 4.85. The van der Waals surface area contributed by atoms with Crippen molar-refractivity contribution in [3.8, 4) is 0 Å². The molecule has 0 aromatic heterocycles. The predicted molar refractivity (Wildman–Crippen MR) is 100 cm³/mol. The lowest BCUT2D eigenvalue weighted by atomic mass is 9.45. The lowest BCUT2D eigenvalue weighted by Gasteiger charge is -2.59. The first-order valence-corrected chi connectivity index (χ1v) is 10.0.